The first-order valence-electron chi connectivity index (χ1n) is 23.0. The van der Waals surface area contributed by atoms with Crippen LogP contribution in [0.3, 0.4) is 0 Å². The number of carbonyl (C=O) groups is 2. The molecule has 0 rings (SSSR count). The monoisotopic (exact) mass is 837 g/mol. The highest BCUT2D eigenvalue weighted by molar-refractivity contribution is 7.47. The molecule has 0 aromatic carbocycles. The van der Waals surface area contributed by atoms with Crippen LogP contribution in [0.4, 0.5) is 0 Å². The van der Waals surface area contributed by atoms with Crippen molar-refractivity contribution in [1.29, 1.82) is 0 Å². The number of ether oxygens (including phenoxy) is 2. The van der Waals surface area contributed by atoms with Gasteiger partial charge in [0.25, 0.3) is 0 Å². The Morgan fingerprint density at radius 3 is 1.48 bits per heavy atom. The molecule has 9 nitrogen and oxygen atoms in total. The van der Waals surface area contributed by atoms with Crippen LogP contribution in [0.15, 0.2) is 60.8 Å². The SMILES string of the molecule is CCCCC/C=C/C/C=C/C/C=C/C/C=C/CCCC(=O)O[C@H](COC(=O)CCCCCCCCC/C=C/CCCCCCCC)COP(=O)(O)OCC[N+](C)(C)C. The number of quaternary nitrogens is 1. The van der Waals surface area contributed by atoms with E-state index in [1.54, 1.807) is 0 Å². The first kappa shape index (κ1) is 55.7. The molecule has 2 atom stereocenters. The maximum atomic E-state index is 12.7. The molecule has 0 fully saturated rings. The van der Waals surface area contributed by atoms with Crippen LogP contribution in [-0.4, -0.2) is 74.9 Å². The smallest absolute Gasteiger partial charge is 0.462 e. The number of unbranched alkanes of at least 4 members (excludes halogenated alkanes) is 17. The second kappa shape index (κ2) is 40.1. The van der Waals surface area contributed by atoms with E-state index in [0.717, 1.165) is 51.4 Å². The van der Waals surface area contributed by atoms with E-state index >= 15 is 0 Å². The molecular formula is C48H87NO8P+. The Bertz CT molecular complexity index is 1170. The summed E-state index contributed by atoms with van der Waals surface area (Å²) in [6.07, 6.45) is 48.4. The van der Waals surface area contributed by atoms with Crippen LogP contribution in [-0.2, 0) is 32.7 Å². The van der Waals surface area contributed by atoms with Gasteiger partial charge in [-0.25, -0.2) is 4.57 Å². The van der Waals surface area contributed by atoms with Crippen molar-refractivity contribution in [3.05, 3.63) is 60.8 Å². The van der Waals surface area contributed by atoms with Crippen molar-refractivity contribution in [2.75, 3.05) is 47.5 Å². The van der Waals surface area contributed by atoms with E-state index in [4.69, 9.17) is 18.5 Å². The number of likely N-dealkylation sites (N-methyl/N-ethyl adjacent to an activating group) is 1. The minimum absolute atomic E-state index is 0.0188. The highest BCUT2D eigenvalue weighted by Gasteiger charge is 2.27. The topological polar surface area (TPSA) is 108 Å². The number of rotatable bonds is 41. The summed E-state index contributed by atoms with van der Waals surface area (Å²) in [5, 5.41) is 0. The van der Waals surface area contributed by atoms with Gasteiger partial charge in [-0.05, 0) is 77.0 Å². The van der Waals surface area contributed by atoms with Gasteiger partial charge in [0, 0.05) is 12.8 Å². The molecule has 0 aliphatic carbocycles. The van der Waals surface area contributed by atoms with Crippen molar-refractivity contribution in [2.45, 2.75) is 187 Å². The lowest BCUT2D eigenvalue weighted by molar-refractivity contribution is -0.870. The lowest BCUT2D eigenvalue weighted by atomic mass is 10.1. The summed E-state index contributed by atoms with van der Waals surface area (Å²) in [6.45, 7) is 4.32. The summed E-state index contributed by atoms with van der Waals surface area (Å²) in [6, 6.07) is 0. The van der Waals surface area contributed by atoms with E-state index in [9.17, 15) is 19.0 Å². The molecule has 0 aliphatic heterocycles. The summed E-state index contributed by atoms with van der Waals surface area (Å²) in [4.78, 5) is 35.4. The highest BCUT2D eigenvalue weighted by atomic mass is 31.2. The molecule has 58 heavy (non-hydrogen) atoms. The van der Waals surface area contributed by atoms with Gasteiger partial charge in [-0.1, -0.05) is 152 Å². The fraction of sp³-hybridized carbons (Fsp3) is 0.750. The van der Waals surface area contributed by atoms with E-state index in [1.807, 2.05) is 27.2 Å². The van der Waals surface area contributed by atoms with Gasteiger partial charge < -0.3 is 18.9 Å². The van der Waals surface area contributed by atoms with Crippen molar-refractivity contribution in [3.63, 3.8) is 0 Å². The molecular weight excluding hydrogens is 750 g/mol. The van der Waals surface area contributed by atoms with E-state index in [2.05, 4.69) is 68.5 Å². The Hall–Kier alpha value is -2.29. The molecule has 336 valence electrons. The number of nitrogens with zero attached hydrogens (tertiary/aromatic N) is 1. The number of esters is 2. The maximum Gasteiger partial charge on any atom is 0.472 e. The van der Waals surface area contributed by atoms with Gasteiger partial charge in [-0.3, -0.25) is 18.6 Å². The third-order valence-electron chi connectivity index (χ3n) is 9.52. The van der Waals surface area contributed by atoms with Crippen molar-refractivity contribution in [1.82, 2.24) is 0 Å². The first-order chi connectivity index (χ1) is 28.0. The van der Waals surface area contributed by atoms with Gasteiger partial charge in [0.15, 0.2) is 6.10 Å². The molecule has 1 N–H and O–H groups in total. The van der Waals surface area contributed by atoms with Gasteiger partial charge in [0.05, 0.1) is 27.7 Å². The molecule has 0 spiro atoms. The molecule has 0 heterocycles. The Morgan fingerprint density at radius 1 is 0.534 bits per heavy atom. The zero-order valence-electron chi connectivity index (χ0n) is 37.8. The maximum absolute atomic E-state index is 12.7. The second-order valence-corrected chi connectivity index (χ2v) is 17.9. The molecule has 0 radical (unpaired) electrons. The van der Waals surface area contributed by atoms with E-state index < -0.39 is 26.5 Å². The van der Waals surface area contributed by atoms with Crippen molar-refractivity contribution in [3.8, 4) is 0 Å². The lowest BCUT2D eigenvalue weighted by Crippen LogP contribution is -2.37. The average Bonchev–Trinajstić information content (AvgIpc) is 3.17. The molecule has 10 heteroatoms. The lowest BCUT2D eigenvalue weighted by Gasteiger charge is -2.24. The van der Waals surface area contributed by atoms with Gasteiger partial charge in [0.1, 0.15) is 19.8 Å². The predicted molar refractivity (Wildman–Crippen MR) is 243 cm³/mol. The Balaban J connectivity index is 4.44. The van der Waals surface area contributed by atoms with Crippen LogP contribution in [0, 0.1) is 0 Å². The largest absolute Gasteiger partial charge is 0.472 e. The zero-order valence-corrected chi connectivity index (χ0v) is 38.7. The number of hydrogen-bond acceptors (Lipinski definition) is 7. The summed E-state index contributed by atoms with van der Waals surface area (Å²) in [7, 11) is 1.43. The minimum Gasteiger partial charge on any atom is -0.462 e. The van der Waals surface area contributed by atoms with Gasteiger partial charge >= 0.3 is 19.8 Å². The van der Waals surface area contributed by atoms with Crippen LogP contribution in [0.5, 0.6) is 0 Å². The highest BCUT2D eigenvalue weighted by Crippen LogP contribution is 2.43. The number of phosphoric ester groups is 1. The summed E-state index contributed by atoms with van der Waals surface area (Å²) < 4.78 is 34.3. The zero-order chi connectivity index (χ0) is 42.8. The third-order valence-corrected chi connectivity index (χ3v) is 10.5. The molecule has 0 saturated heterocycles. The molecule has 0 aliphatic rings. The molecule has 1 unspecified atom stereocenters. The van der Waals surface area contributed by atoms with Crippen LogP contribution >= 0.6 is 7.82 Å². The van der Waals surface area contributed by atoms with Crippen LogP contribution in [0.1, 0.15) is 181 Å². The molecule has 0 bridgehead atoms. The van der Waals surface area contributed by atoms with Crippen LogP contribution in [0.2, 0.25) is 0 Å². The van der Waals surface area contributed by atoms with Crippen LogP contribution < -0.4 is 0 Å². The van der Waals surface area contributed by atoms with Crippen molar-refractivity contribution >= 4 is 19.8 Å². The molecule has 0 amide bonds. The van der Waals surface area contributed by atoms with E-state index in [1.165, 1.54) is 89.9 Å². The summed E-state index contributed by atoms with van der Waals surface area (Å²) in [5.41, 5.74) is 0. The van der Waals surface area contributed by atoms with Gasteiger partial charge in [-0.15, -0.1) is 0 Å². The molecule has 0 saturated carbocycles. The van der Waals surface area contributed by atoms with E-state index in [-0.39, 0.29) is 32.0 Å². The standard InChI is InChI=1S/C48H86NO8P/c1-6-8-10-12-14-16-18-20-22-24-26-28-30-32-34-36-38-40-47(50)54-44-46(45-56-58(52,53)55-43-42-49(3,4)5)57-48(51)41-39-37-35-33-31-29-27-25-23-21-19-17-15-13-11-9-7-2/h15,17,20-23,27,29,33,35,46H,6-14,16,18-19,24-26,28,30-32,34,36-45H2,1-5H3/p+1/b17-15+,22-20+,23-21+,29-27+,35-33+/t46-/m1/s1. The van der Waals surface area contributed by atoms with E-state index in [0.29, 0.717) is 23.9 Å². The van der Waals surface area contributed by atoms with Gasteiger partial charge in [0.2, 0.25) is 0 Å². The summed E-state index contributed by atoms with van der Waals surface area (Å²) >= 11 is 0. The molecule has 0 aromatic heterocycles. The fourth-order valence-corrected chi connectivity index (χ4v) is 6.62. The quantitative estimate of drug-likeness (QED) is 0.0213. The predicted octanol–water partition coefficient (Wildman–Crippen LogP) is 13.2. The van der Waals surface area contributed by atoms with Crippen molar-refractivity contribution in [2.24, 2.45) is 0 Å². The van der Waals surface area contributed by atoms with Crippen LogP contribution in [0.25, 0.3) is 0 Å². The second-order valence-electron chi connectivity index (χ2n) is 16.4. The number of hydrogen-bond donors (Lipinski definition) is 1. The Kier molecular flexibility index (Phi) is 38.5. The first-order valence-corrected chi connectivity index (χ1v) is 24.5. The molecule has 0 aromatic rings. The van der Waals surface area contributed by atoms with Crippen molar-refractivity contribution < 1.29 is 42.1 Å². The normalized spacial score (nSPS) is 14.1. The third kappa shape index (κ3) is 43.3. The fourth-order valence-electron chi connectivity index (χ4n) is 5.88. The minimum atomic E-state index is -4.39. The number of carbonyl (C=O) groups excluding carboxylic acids is 2. The Labute approximate surface area is 356 Å². The number of allylic oxidation sites excluding steroid dienone is 10. The summed E-state index contributed by atoms with van der Waals surface area (Å²) in [5.74, 6) is -0.871. The number of phosphoric acid groups is 1. The average molecular weight is 837 g/mol. The van der Waals surface area contributed by atoms with Gasteiger partial charge in [-0.2, -0.15) is 0 Å². The Morgan fingerprint density at radius 2 is 0.948 bits per heavy atom.